The number of benzene rings is 1. The van der Waals surface area contributed by atoms with E-state index in [4.69, 9.17) is 4.74 Å². The van der Waals surface area contributed by atoms with Crippen molar-refractivity contribution >= 4 is 6.03 Å². The van der Waals surface area contributed by atoms with Crippen LogP contribution < -0.4 is 10.6 Å². The third-order valence-corrected chi connectivity index (χ3v) is 4.21. The third kappa shape index (κ3) is 5.31. The number of hydrogen-bond acceptors (Lipinski definition) is 3. The Morgan fingerprint density at radius 2 is 1.95 bits per heavy atom. The van der Waals surface area contributed by atoms with Crippen molar-refractivity contribution in [2.24, 2.45) is 5.92 Å². The van der Waals surface area contributed by atoms with Crippen molar-refractivity contribution in [3.63, 3.8) is 0 Å². The highest BCUT2D eigenvalue weighted by molar-refractivity contribution is 5.74. The van der Waals surface area contributed by atoms with Gasteiger partial charge in [-0.15, -0.1) is 0 Å². The summed E-state index contributed by atoms with van der Waals surface area (Å²) in [4.78, 5) is 12.1. The third-order valence-electron chi connectivity index (χ3n) is 4.21. The predicted octanol–water partition coefficient (Wildman–Crippen LogP) is 1.70. The number of amides is 2. The summed E-state index contributed by atoms with van der Waals surface area (Å²) in [7, 11) is 0. The second kappa shape index (κ2) is 8.76. The Hall–Kier alpha value is -1.59. The molecule has 0 saturated carbocycles. The molecule has 1 saturated heterocycles. The number of rotatable bonds is 6. The van der Waals surface area contributed by atoms with Crippen LogP contribution in [0.5, 0.6) is 0 Å². The first kappa shape index (κ1) is 16.8. The van der Waals surface area contributed by atoms with Gasteiger partial charge < -0.3 is 20.5 Å². The lowest BCUT2D eigenvalue weighted by molar-refractivity contribution is 0.0570. The first-order chi connectivity index (χ1) is 10.7. The number of ether oxygens (including phenoxy) is 1. The first-order valence-corrected chi connectivity index (χ1v) is 7.98. The Morgan fingerprint density at radius 1 is 1.27 bits per heavy atom. The number of hydrogen-bond donors (Lipinski definition) is 3. The van der Waals surface area contributed by atoms with E-state index in [1.54, 1.807) is 0 Å². The normalized spacial score (nSPS) is 18.5. The molecule has 1 aromatic rings. The lowest BCUT2D eigenvalue weighted by atomic mass is 9.93. The molecule has 1 aliphatic heterocycles. The van der Waals surface area contributed by atoms with Crippen LogP contribution in [-0.4, -0.2) is 43.0 Å². The zero-order valence-corrected chi connectivity index (χ0v) is 13.1. The highest BCUT2D eigenvalue weighted by Crippen LogP contribution is 2.18. The minimum Gasteiger partial charge on any atom is -0.394 e. The number of aliphatic hydroxyl groups excluding tert-OH is 1. The molecule has 0 bridgehead atoms. The zero-order valence-electron chi connectivity index (χ0n) is 13.1. The highest BCUT2D eigenvalue weighted by atomic mass is 16.5. The Morgan fingerprint density at radius 3 is 2.59 bits per heavy atom. The van der Waals surface area contributed by atoms with Crippen LogP contribution in [0.2, 0.25) is 0 Å². The number of carbonyl (C=O) groups is 1. The van der Waals surface area contributed by atoms with Gasteiger partial charge in [-0.2, -0.15) is 0 Å². The van der Waals surface area contributed by atoms with Gasteiger partial charge in [0.25, 0.3) is 0 Å². The number of carbonyl (C=O) groups excluding carboxylic acids is 1. The Bertz CT molecular complexity index is 446. The van der Waals surface area contributed by atoms with E-state index in [-0.39, 0.29) is 24.7 Å². The smallest absolute Gasteiger partial charge is 0.315 e. The summed E-state index contributed by atoms with van der Waals surface area (Å²) in [5, 5.41) is 15.3. The fourth-order valence-electron chi connectivity index (χ4n) is 2.83. The number of nitrogens with one attached hydrogen (secondary N) is 2. The van der Waals surface area contributed by atoms with Crippen molar-refractivity contribution in [3.05, 3.63) is 35.9 Å². The lowest BCUT2D eigenvalue weighted by Crippen LogP contribution is -2.49. The molecule has 1 aromatic carbocycles. The Labute approximate surface area is 132 Å². The van der Waals surface area contributed by atoms with Gasteiger partial charge in [-0.05, 0) is 37.7 Å². The molecular formula is C17H26N2O3. The zero-order chi connectivity index (χ0) is 15.8. The van der Waals surface area contributed by atoms with E-state index in [0.717, 1.165) is 31.6 Å². The van der Waals surface area contributed by atoms with Gasteiger partial charge in [0, 0.05) is 19.3 Å². The molecule has 122 valence electrons. The van der Waals surface area contributed by atoms with Gasteiger partial charge in [0.05, 0.1) is 12.6 Å². The molecule has 1 aliphatic rings. The monoisotopic (exact) mass is 306 g/mol. The first-order valence-electron chi connectivity index (χ1n) is 7.98. The summed E-state index contributed by atoms with van der Waals surface area (Å²) >= 11 is 0. The van der Waals surface area contributed by atoms with Gasteiger partial charge in [0.15, 0.2) is 0 Å². The highest BCUT2D eigenvalue weighted by Gasteiger charge is 2.22. The van der Waals surface area contributed by atoms with Gasteiger partial charge in [-0.1, -0.05) is 30.3 Å². The van der Waals surface area contributed by atoms with Gasteiger partial charge in [0.1, 0.15) is 0 Å². The molecule has 1 heterocycles. The van der Waals surface area contributed by atoms with E-state index in [1.165, 1.54) is 0 Å². The Balaban J connectivity index is 1.78. The van der Waals surface area contributed by atoms with Crippen LogP contribution in [0.15, 0.2) is 30.3 Å². The predicted molar refractivity (Wildman–Crippen MR) is 85.7 cm³/mol. The van der Waals surface area contributed by atoms with Gasteiger partial charge in [0.2, 0.25) is 0 Å². The largest absolute Gasteiger partial charge is 0.394 e. The van der Waals surface area contributed by atoms with Crippen molar-refractivity contribution in [3.8, 4) is 0 Å². The molecule has 0 spiro atoms. The molecule has 0 radical (unpaired) electrons. The molecule has 2 rings (SSSR count). The van der Waals surface area contributed by atoms with Gasteiger partial charge in [-0.3, -0.25) is 0 Å². The average Bonchev–Trinajstić information content (AvgIpc) is 2.56. The van der Waals surface area contributed by atoms with Crippen molar-refractivity contribution < 1.29 is 14.6 Å². The molecule has 0 aromatic heterocycles. The second-order valence-electron chi connectivity index (χ2n) is 5.93. The van der Waals surface area contributed by atoms with E-state index < -0.39 is 0 Å². The van der Waals surface area contributed by atoms with E-state index >= 15 is 0 Å². The van der Waals surface area contributed by atoms with Crippen molar-refractivity contribution in [2.75, 3.05) is 19.8 Å². The number of aliphatic hydroxyl groups is 1. The lowest BCUT2D eigenvalue weighted by Gasteiger charge is -2.29. The minimum atomic E-state index is -0.274. The van der Waals surface area contributed by atoms with Crippen molar-refractivity contribution in [1.29, 1.82) is 0 Å². The van der Waals surface area contributed by atoms with Crippen LogP contribution in [0.25, 0.3) is 0 Å². The second-order valence-corrected chi connectivity index (χ2v) is 5.93. The van der Waals surface area contributed by atoms with Gasteiger partial charge >= 0.3 is 6.03 Å². The molecule has 1 fully saturated rings. The molecule has 5 nitrogen and oxygen atoms in total. The standard InChI is InChI=1S/C17H26N2O3/c1-13(15-7-9-22-10-8-15)18-17(21)19-16(12-20)11-14-5-3-2-4-6-14/h2-6,13,15-16,20H,7-12H2,1H3,(H2,18,19,21)/t13-,16-/m0/s1. The van der Waals surface area contributed by atoms with Crippen LogP contribution >= 0.6 is 0 Å². The van der Waals surface area contributed by atoms with Crippen molar-refractivity contribution in [2.45, 2.75) is 38.3 Å². The number of urea groups is 1. The molecule has 22 heavy (non-hydrogen) atoms. The summed E-state index contributed by atoms with van der Waals surface area (Å²) in [6.07, 6.45) is 2.58. The van der Waals surface area contributed by atoms with E-state index in [1.807, 2.05) is 37.3 Å². The molecule has 2 amide bonds. The summed E-state index contributed by atoms with van der Waals surface area (Å²) in [6.45, 7) is 3.49. The molecule has 3 N–H and O–H groups in total. The summed E-state index contributed by atoms with van der Waals surface area (Å²) in [6, 6.07) is 9.47. The van der Waals surface area contributed by atoms with Crippen molar-refractivity contribution in [1.82, 2.24) is 10.6 Å². The summed E-state index contributed by atoms with van der Waals surface area (Å²) in [5.74, 6) is 0.459. The summed E-state index contributed by atoms with van der Waals surface area (Å²) < 4.78 is 5.34. The van der Waals surface area contributed by atoms with Crippen LogP contribution in [0.4, 0.5) is 4.79 Å². The molecule has 5 heteroatoms. The summed E-state index contributed by atoms with van der Waals surface area (Å²) in [5.41, 5.74) is 1.10. The SMILES string of the molecule is C[C@H](NC(=O)N[C@H](CO)Cc1ccccc1)C1CCOCC1. The minimum absolute atomic E-state index is 0.0754. The van der Waals surface area contributed by atoms with E-state index in [0.29, 0.717) is 12.3 Å². The Kier molecular flexibility index (Phi) is 6.68. The molecule has 2 atom stereocenters. The maximum atomic E-state index is 12.1. The molecule has 0 unspecified atom stereocenters. The molecule has 0 aliphatic carbocycles. The van der Waals surface area contributed by atoms with E-state index in [9.17, 15) is 9.90 Å². The maximum absolute atomic E-state index is 12.1. The topological polar surface area (TPSA) is 70.6 Å². The van der Waals surface area contributed by atoms with Crippen LogP contribution in [0.3, 0.4) is 0 Å². The van der Waals surface area contributed by atoms with E-state index in [2.05, 4.69) is 10.6 Å². The molecular weight excluding hydrogens is 280 g/mol. The maximum Gasteiger partial charge on any atom is 0.315 e. The average molecular weight is 306 g/mol. The van der Waals surface area contributed by atoms with Crippen LogP contribution in [-0.2, 0) is 11.2 Å². The fraction of sp³-hybridized carbons (Fsp3) is 0.588. The quantitative estimate of drug-likeness (QED) is 0.749. The van der Waals surface area contributed by atoms with Gasteiger partial charge in [-0.25, -0.2) is 4.79 Å². The fourth-order valence-corrected chi connectivity index (χ4v) is 2.83. The van der Waals surface area contributed by atoms with Crippen LogP contribution in [0.1, 0.15) is 25.3 Å². The van der Waals surface area contributed by atoms with Crippen LogP contribution in [0, 0.1) is 5.92 Å².